The van der Waals surface area contributed by atoms with E-state index in [4.69, 9.17) is 9.47 Å². The number of likely N-dealkylation sites (tertiary alicyclic amines) is 1. The molecule has 0 spiro atoms. The predicted octanol–water partition coefficient (Wildman–Crippen LogP) is 2.24. The highest BCUT2D eigenvalue weighted by atomic mass is 79.9. The van der Waals surface area contributed by atoms with Crippen LogP contribution in [0, 0.1) is 0 Å². The third kappa shape index (κ3) is 3.41. The molecule has 2 rings (SSSR count). The smallest absolute Gasteiger partial charge is 0.227 e. The van der Waals surface area contributed by atoms with E-state index in [0.717, 1.165) is 25.1 Å². The molecule has 1 aromatic carbocycles. The molecule has 19 heavy (non-hydrogen) atoms. The van der Waals surface area contributed by atoms with Gasteiger partial charge < -0.3 is 14.4 Å². The largest absolute Gasteiger partial charge is 0.493 e. The van der Waals surface area contributed by atoms with Gasteiger partial charge in [-0.25, -0.2) is 0 Å². The van der Waals surface area contributed by atoms with Crippen molar-refractivity contribution in [2.45, 2.75) is 17.7 Å². The fourth-order valence-corrected chi connectivity index (χ4v) is 2.78. The van der Waals surface area contributed by atoms with Gasteiger partial charge in [-0.3, -0.25) is 4.79 Å². The Morgan fingerprint density at radius 2 is 2.11 bits per heavy atom. The van der Waals surface area contributed by atoms with Crippen LogP contribution < -0.4 is 9.47 Å². The second kappa shape index (κ2) is 6.28. The van der Waals surface area contributed by atoms with Crippen LogP contribution in [0.2, 0.25) is 0 Å². The number of methoxy groups -OCH3 is 2. The van der Waals surface area contributed by atoms with Crippen molar-refractivity contribution in [3.63, 3.8) is 0 Å². The van der Waals surface area contributed by atoms with Gasteiger partial charge in [0.15, 0.2) is 11.5 Å². The topological polar surface area (TPSA) is 38.8 Å². The van der Waals surface area contributed by atoms with Gasteiger partial charge in [-0.2, -0.15) is 0 Å². The first-order valence-corrected chi connectivity index (χ1v) is 7.18. The van der Waals surface area contributed by atoms with Crippen molar-refractivity contribution in [3.05, 3.63) is 23.8 Å². The van der Waals surface area contributed by atoms with Crippen molar-refractivity contribution in [1.29, 1.82) is 0 Å². The molecule has 1 unspecified atom stereocenters. The number of amides is 1. The van der Waals surface area contributed by atoms with Gasteiger partial charge in [-0.05, 0) is 24.1 Å². The Balaban J connectivity index is 2.04. The summed E-state index contributed by atoms with van der Waals surface area (Å²) in [5.41, 5.74) is 0.945. The molecule has 1 saturated heterocycles. The Bertz CT molecular complexity index is 464. The molecule has 1 aromatic rings. The van der Waals surface area contributed by atoms with Gasteiger partial charge in [0.1, 0.15) is 0 Å². The summed E-state index contributed by atoms with van der Waals surface area (Å²) in [7, 11) is 3.20. The molecule has 1 aliphatic rings. The van der Waals surface area contributed by atoms with Gasteiger partial charge in [0, 0.05) is 17.9 Å². The van der Waals surface area contributed by atoms with Gasteiger partial charge >= 0.3 is 0 Å². The molecule has 0 aromatic heterocycles. The molecular formula is C14H18BrNO3. The maximum Gasteiger partial charge on any atom is 0.227 e. The third-order valence-electron chi connectivity index (χ3n) is 3.29. The lowest BCUT2D eigenvalue weighted by molar-refractivity contribution is -0.129. The Labute approximate surface area is 121 Å². The minimum absolute atomic E-state index is 0.161. The molecule has 1 fully saturated rings. The lowest BCUT2D eigenvalue weighted by atomic mass is 10.1. The van der Waals surface area contributed by atoms with Crippen LogP contribution in [0.3, 0.4) is 0 Å². The van der Waals surface area contributed by atoms with Crippen molar-refractivity contribution in [3.8, 4) is 11.5 Å². The minimum Gasteiger partial charge on any atom is -0.493 e. The van der Waals surface area contributed by atoms with E-state index in [-0.39, 0.29) is 5.91 Å². The van der Waals surface area contributed by atoms with Gasteiger partial charge in [0.05, 0.1) is 20.6 Å². The number of benzene rings is 1. The van der Waals surface area contributed by atoms with Crippen molar-refractivity contribution in [2.24, 2.45) is 0 Å². The van der Waals surface area contributed by atoms with Crippen LogP contribution in [0.15, 0.2) is 18.2 Å². The molecule has 104 valence electrons. The van der Waals surface area contributed by atoms with Crippen LogP contribution in [0.5, 0.6) is 11.5 Å². The standard InChI is InChI=1S/C14H18BrNO3/c1-18-12-4-3-10(7-13(12)19-2)8-14(17)16-6-5-11(15)9-16/h3-4,7,11H,5-6,8-9H2,1-2H3. The van der Waals surface area contributed by atoms with Crippen molar-refractivity contribution >= 4 is 21.8 Å². The summed E-state index contributed by atoms with van der Waals surface area (Å²) in [5, 5.41) is 0. The van der Waals surface area contributed by atoms with Crippen molar-refractivity contribution in [2.75, 3.05) is 27.3 Å². The number of rotatable bonds is 4. The molecule has 0 N–H and O–H groups in total. The Hall–Kier alpha value is -1.23. The maximum atomic E-state index is 12.1. The summed E-state index contributed by atoms with van der Waals surface area (Å²) in [4.78, 5) is 14.5. The third-order valence-corrected chi connectivity index (χ3v) is 4.03. The Morgan fingerprint density at radius 3 is 2.68 bits per heavy atom. The fourth-order valence-electron chi connectivity index (χ4n) is 2.22. The van der Waals surface area contributed by atoms with E-state index in [2.05, 4.69) is 15.9 Å². The van der Waals surface area contributed by atoms with Crippen LogP contribution >= 0.6 is 15.9 Å². The van der Waals surface area contributed by atoms with E-state index in [0.29, 0.717) is 22.7 Å². The Morgan fingerprint density at radius 1 is 1.37 bits per heavy atom. The number of halogens is 1. The maximum absolute atomic E-state index is 12.1. The molecule has 0 bridgehead atoms. The molecule has 0 radical (unpaired) electrons. The summed E-state index contributed by atoms with van der Waals surface area (Å²) < 4.78 is 10.4. The molecular weight excluding hydrogens is 310 g/mol. The van der Waals surface area contributed by atoms with Gasteiger partial charge in [0.2, 0.25) is 5.91 Å². The molecule has 1 atom stereocenters. The highest BCUT2D eigenvalue weighted by Crippen LogP contribution is 2.28. The van der Waals surface area contributed by atoms with Gasteiger partial charge in [0.25, 0.3) is 0 Å². The van der Waals surface area contributed by atoms with E-state index in [1.54, 1.807) is 14.2 Å². The van der Waals surface area contributed by atoms with Crippen LogP contribution in [0.1, 0.15) is 12.0 Å². The number of carbonyl (C=O) groups excluding carboxylic acids is 1. The van der Waals surface area contributed by atoms with E-state index in [1.807, 2.05) is 23.1 Å². The van der Waals surface area contributed by atoms with E-state index in [1.165, 1.54) is 0 Å². The summed E-state index contributed by atoms with van der Waals surface area (Å²) in [6, 6.07) is 5.60. The summed E-state index contributed by atoms with van der Waals surface area (Å²) in [6.07, 6.45) is 1.43. The number of hydrogen-bond acceptors (Lipinski definition) is 3. The SMILES string of the molecule is COc1ccc(CC(=O)N2CCC(Br)C2)cc1OC. The number of hydrogen-bond donors (Lipinski definition) is 0. The number of alkyl halides is 1. The van der Waals surface area contributed by atoms with Crippen LogP contribution in [0.25, 0.3) is 0 Å². The lowest BCUT2D eigenvalue weighted by Crippen LogP contribution is -2.30. The molecule has 0 aliphatic carbocycles. The first-order valence-electron chi connectivity index (χ1n) is 6.26. The monoisotopic (exact) mass is 327 g/mol. The van der Waals surface area contributed by atoms with E-state index >= 15 is 0 Å². The number of carbonyl (C=O) groups is 1. The summed E-state index contributed by atoms with van der Waals surface area (Å²) in [5.74, 6) is 1.50. The minimum atomic E-state index is 0.161. The quantitative estimate of drug-likeness (QED) is 0.796. The highest BCUT2D eigenvalue weighted by Gasteiger charge is 2.24. The van der Waals surface area contributed by atoms with Crippen molar-refractivity contribution < 1.29 is 14.3 Å². The molecule has 0 saturated carbocycles. The van der Waals surface area contributed by atoms with Gasteiger partial charge in [-0.1, -0.05) is 22.0 Å². The molecule has 1 amide bonds. The van der Waals surface area contributed by atoms with Crippen LogP contribution in [-0.4, -0.2) is 42.9 Å². The summed E-state index contributed by atoms with van der Waals surface area (Å²) >= 11 is 3.54. The van der Waals surface area contributed by atoms with E-state index < -0.39 is 0 Å². The first kappa shape index (κ1) is 14.2. The second-order valence-electron chi connectivity index (χ2n) is 4.59. The Kier molecular flexibility index (Phi) is 4.69. The van der Waals surface area contributed by atoms with Crippen molar-refractivity contribution in [1.82, 2.24) is 4.90 Å². The average molecular weight is 328 g/mol. The predicted molar refractivity (Wildman–Crippen MR) is 77.2 cm³/mol. The average Bonchev–Trinajstić information content (AvgIpc) is 2.85. The highest BCUT2D eigenvalue weighted by molar-refractivity contribution is 9.09. The summed E-state index contributed by atoms with van der Waals surface area (Å²) in [6.45, 7) is 1.63. The fraction of sp³-hybridized carbons (Fsp3) is 0.500. The molecule has 1 aliphatic heterocycles. The molecule has 4 nitrogen and oxygen atoms in total. The molecule has 5 heteroatoms. The zero-order valence-corrected chi connectivity index (χ0v) is 12.8. The zero-order chi connectivity index (χ0) is 13.8. The van der Waals surface area contributed by atoms with E-state index in [9.17, 15) is 4.79 Å². The van der Waals surface area contributed by atoms with Gasteiger partial charge in [-0.15, -0.1) is 0 Å². The lowest BCUT2D eigenvalue weighted by Gasteiger charge is -2.16. The van der Waals surface area contributed by atoms with Crippen LogP contribution in [-0.2, 0) is 11.2 Å². The van der Waals surface area contributed by atoms with Crippen LogP contribution in [0.4, 0.5) is 0 Å². The normalized spacial score (nSPS) is 18.5. The molecule has 1 heterocycles. The zero-order valence-electron chi connectivity index (χ0n) is 11.2. The first-order chi connectivity index (χ1) is 9.13. The number of nitrogens with zero attached hydrogens (tertiary/aromatic N) is 1. The number of ether oxygens (including phenoxy) is 2. The second-order valence-corrected chi connectivity index (χ2v) is 5.89.